The van der Waals surface area contributed by atoms with Gasteiger partial charge in [0.2, 0.25) is 11.8 Å². The molecule has 0 heterocycles. The molecule has 2 rings (SSSR count). The summed E-state index contributed by atoms with van der Waals surface area (Å²) in [5.74, 6) is -0.356. The van der Waals surface area contributed by atoms with Gasteiger partial charge in [0.05, 0.1) is 6.61 Å². The van der Waals surface area contributed by atoms with Gasteiger partial charge in [-0.2, -0.15) is 0 Å². The third-order valence-electron chi connectivity index (χ3n) is 5.17. The number of ether oxygens (including phenoxy) is 1. The molecular weight excluding hydrogens is 387 g/mol. The maximum absolute atomic E-state index is 13.3. The molecule has 27 heavy (non-hydrogen) atoms. The molecule has 0 aromatic heterocycles. The topological polar surface area (TPSA) is 58.6 Å². The van der Waals surface area contributed by atoms with Crippen molar-refractivity contribution in [3.05, 3.63) is 34.9 Å². The minimum Gasteiger partial charge on any atom is -0.383 e. The lowest BCUT2D eigenvalue weighted by molar-refractivity contribution is -0.140. The Hall–Kier alpha value is -1.30. The minimum atomic E-state index is -0.839. The Bertz CT molecular complexity index is 641. The summed E-state index contributed by atoms with van der Waals surface area (Å²) in [6.07, 6.45) is 4.33. The van der Waals surface area contributed by atoms with Crippen LogP contribution in [0.1, 0.15) is 44.2 Å². The molecule has 1 aliphatic rings. The number of nitrogens with one attached hydrogen (secondary N) is 1. The van der Waals surface area contributed by atoms with Gasteiger partial charge in [-0.3, -0.25) is 9.59 Å². The van der Waals surface area contributed by atoms with Crippen molar-refractivity contribution in [2.75, 3.05) is 26.1 Å². The molecule has 0 spiro atoms. The van der Waals surface area contributed by atoms with Crippen LogP contribution < -0.4 is 5.32 Å². The first-order chi connectivity index (χ1) is 13.0. The number of halogens is 2. The lowest BCUT2D eigenvalue weighted by Gasteiger charge is -2.35. The third kappa shape index (κ3) is 5.84. The second-order valence-corrected chi connectivity index (χ2v) is 7.69. The quantitative estimate of drug-likeness (QED) is 0.658. The van der Waals surface area contributed by atoms with E-state index in [1.165, 1.54) is 11.3 Å². The summed E-state index contributed by atoms with van der Waals surface area (Å²) in [6.45, 7) is 2.71. The molecular formula is C20H28Cl2N2O3. The molecule has 0 bridgehead atoms. The van der Waals surface area contributed by atoms with E-state index in [0.29, 0.717) is 23.1 Å². The summed E-state index contributed by atoms with van der Waals surface area (Å²) in [5, 5.41) is 3.60. The van der Waals surface area contributed by atoms with Crippen LogP contribution in [0.5, 0.6) is 0 Å². The van der Waals surface area contributed by atoms with E-state index in [9.17, 15) is 9.59 Å². The van der Waals surface area contributed by atoms with Gasteiger partial charge < -0.3 is 15.0 Å². The van der Waals surface area contributed by atoms with Crippen LogP contribution in [0.2, 0.25) is 5.02 Å². The first-order valence-electron chi connectivity index (χ1n) is 9.38. The SMILES string of the molecule is COCCN(C(=O)CCl)[C@H](C(=O)N[C@H]1CCCC[C@@H]1C)c1ccccc1Cl. The molecule has 1 N–H and O–H groups in total. The number of rotatable bonds is 8. The maximum atomic E-state index is 13.3. The van der Waals surface area contributed by atoms with Crippen LogP contribution in [0.15, 0.2) is 24.3 Å². The summed E-state index contributed by atoms with van der Waals surface area (Å²) >= 11 is 12.2. The number of hydrogen-bond donors (Lipinski definition) is 1. The van der Waals surface area contributed by atoms with Crippen molar-refractivity contribution in [2.45, 2.75) is 44.7 Å². The first-order valence-corrected chi connectivity index (χ1v) is 10.3. The Kier molecular flexibility index (Phi) is 8.87. The Morgan fingerprint density at radius 1 is 1.30 bits per heavy atom. The van der Waals surface area contributed by atoms with Crippen LogP contribution in [0.3, 0.4) is 0 Å². The first kappa shape index (κ1) is 22.0. The molecule has 0 unspecified atom stereocenters. The van der Waals surface area contributed by atoms with Gasteiger partial charge >= 0.3 is 0 Å². The highest BCUT2D eigenvalue weighted by atomic mass is 35.5. The van der Waals surface area contributed by atoms with Crippen LogP contribution in [0.4, 0.5) is 0 Å². The molecule has 1 aliphatic carbocycles. The van der Waals surface area contributed by atoms with Gasteiger partial charge in [0.15, 0.2) is 0 Å². The van der Waals surface area contributed by atoms with E-state index in [1.54, 1.807) is 25.3 Å². The molecule has 0 aliphatic heterocycles. The largest absolute Gasteiger partial charge is 0.383 e. The zero-order valence-electron chi connectivity index (χ0n) is 15.9. The van der Waals surface area contributed by atoms with E-state index in [0.717, 1.165) is 19.3 Å². The number of methoxy groups -OCH3 is 1. The highest BCUT2D eigenvalue weighted by molar-refractivity contribution is 6.31. The van der Waals surface area contributed by atoms with E-state index in [-0.39, 0.29) is 30.3 Å². The van der Waals surface area contributed by atoms with Crippen molar-refractivity contribution in [3.63, 3.8) is 0 Å². The standard InChI is InChI=1S/C20H28Cl2N2O3/c1-14-7-3-6-10-17(14)23-20(26)19(15-8-4-5-9-16(15)22)24(11-12-27-2)18(25)13-21/h4-5,8-9,14,17,19H,3,6-7,10-13H2,1-2H3,(H,23,26)/t14-,17-,19-/m0/s1. The summed E-state index contributed by atoms with van der Waals surface area (Å²) in [6, 6.07) is 6.37. The van der Waals surface area contributed by atoms with Crippen LogP contribution >= 0.6 is 23.2 Å². The summed E-state index contributed by atoms with van der Waals surface area (Å²) < 4.78 is 5.13. The predicted molar refractivity (Wildman–Crippen MR) is 108 cm³/mol. The van der Waals surface area contributed by atoms with E-state index in [1.807, 2.05) is 6.07 Å². The summed E-state index contributed by atoms with van der Waals surface area (Å²) in [5.41, 5.74) is 0.592. The van der Waals surface area contributed by atoms with Crippen molar-refractivity contribution in [1.82, 2.24) is 10.2 Å². The lowest BCUT2D eigenvalue weighted by Crippen LogP contribution is -2.50. The Morgan fingerprint density at radius 3 is 2.63 bits per heavy atom. The van der Waals surface area contributed by atoms with Crippen LogP contribution in [0.25, 0.3) is 0 Å². The number of benzene rings is 1. The number of alkyl halides is 1. The average molecular weight is 415 g/mol. The minimum absolute atomic E-state index is 0.103. The Morgan fingerprint density at radius 2 is 2.00 bits per heavy atom. The molecule has 150 valence electrons. The highest BCUT2D eigenvalue weighted by Gasteiger charge is 2.34. The number of hydrogen-bond acceptors (Lipinski definition) is 3. The molecule has 1 aromatic carbocycles. The van der Waals surface area contributed by atoms with Crippen LogP contribution in [-0.4, -0.2) is 48.9 Å². The van der Waals surface area contributed by atoms with E-state index >= 15 is 0 Å². The third-order valence-corrected chi connectivity index (χ3v) is 5.74. The van der Waals surface area contributed by atoms with Gasteiger partial charge in [-0.15, -0.1) is 11.6 Å². The van der Waals surface area contributed by atoms with Crippen molar-refractivity contribution in [1.29, 1.82) is 0 Å². The molecule has 5 nitrogen and oxygen atoms in total. The van der Waals surface area contributed by atoms with Crippen molar-refractivity contribution in [2.24, 2.45) is 5.92 Å². The molecule has 1 aromatic rings. The number of amides is 2. The Labute approximate surface area is 171 Å². The molecule has 0 saturated heterocycles. The number of carbonyl (C=O) groups is 2. The van der Waals surface area contributed by atoms with Gasteiger partial charge in [0.25, 0.3) is 0 Å². The molecule has 7 heteroatoms. The predicted octanol–water partition coefficient (Wildman–Crippen LogP) is 3.79. The normalized spacial score (nSPS) is 20.7. The fourth-order valence-corrected chi connectivity index (χ4v) is 4.00. The van der Waals surface area contributed by atoms with Crippen LogP contribution in [-0.2, 0) is 14.3 Å². The van der Waals surface area contributed by atoms with Crippen LogP contribution in [0, 0.1) is 5.92 Å². The maximum Gasteiger partial charge on any atom is 0.247 e. The fraction of sp³-hybridized carbons (Fsp3) is 0.600. The molecule has 3 atom stereocenters. The van der Waals surface area contributed by atoms with E-state index in [2.05, 4.69) is 12.2 Å². The van der Waals surface area contributed by atoms with Gasteiger partial charge in [-0.25, -0.2) is 0 Å². The van der Waals surface area contributed by atoms with E-state index < -0.39 is 6.04 Å². The molecule has 1 saturated carbocycles. The second-order valence-electron chi connectivity index (χ2n) is 7.01. The van der Waals surface area contributed by atoms with E-state index in [4.69, 9.17) is 27.9 Å². The zero-order chi connectivity index (χ0) is 19.8. The molecule has 1 fully saturated rings. The average Bonchev–Trinajstić information content (AvgIpc) is 2.67. The van der Waals surface area contributed by atoms with Gasteiger partial charge in [0, 0.05) is 30.3 Å². The number of nitrogens with zero attached hydrogens (tertiary/aromatic N) is 1. The van der Waals surface area contributed by atoms with Gasteiger partial charge in [-0.1, -0.05) is 49.6 Å². The smallest absolute Gasteiger partial charge is 0.247 e. The molecule has 0 radical (unpaired) electrons. The second kappa shape index (κ2) is 10.9. The summed E-state index contributed by atoms with van der Waals surface area (Å²) in [7, 11) is 1.55. The number of carbonyl (C=O) groups excluding carboxylic acids is 2. The lowest BCUT2D eigenvalue weighted by atomic mass is 9.85. The zero-order valence-corrected chi connectivity index (χ0v) is 17.4. The highest BCUT2D eigenvalue weighted by Crippen LogP contribution is 2.30. The summed E-state index contributed by atoms with van der Waals surface area (Å²) in [4.78, 5) is 27.3. The monoisotopic (exact) mass is 414 g/mol. The van der Waals surface area contributed by atoms with Gasteiger partial charge in [0.1, 0.15) is 11.9 Å². The van der Waals surface area contributed by atoms with Crippen molar-refractivity contribution < 1.29 is 14.3 Å². The van der Waals surface area contributed by atoms with Gasteiger partial charge in [-0.05, 0) is 24.8 Å². The van der Waals surface area contributed by atoms with Crippen molar-refractivity contribution in [3.8, 4) is 0 Å². The fourth-order valence-electron chi connectivity index (χ4n) is 3.60. The molecule has 2 amide bonds. The van der Waals surface area contributed by atoms with Crippen molar-refractivity contribution >= 4 is 35.0 Å². The Balaban J connectivity index is 2.34.